The summed E-state index contributed by atoms with van der Waals surface area (Å²) in [7, 11) is -3.59. The molecule has 1 atom stereocenters. The third-order valence-electron chi connectivity index (χ3n) is 4.56. The summed E-state index contributed by atoms with van der Waals surface area (Å²) < 4.78 is 40.2. The van der Waals surface area contributed by atoms with Crippen molar-refractivity contribution >= 4 is 15.9 Å². The fourth-order valence-electron chi connectivity index (χ4n) is 3.09. The van der Waals surface area contributed by atoms with E-state index in [4.69, 9.17) is 0 Å². The Bertz CT molecular complexity index is 880. The zero-order valence-electron chi connectivity index (χ0n) is 14.5. The second kappa shape index (κ2) is 7.55. The van der Waals surface area contributed by atoms with Gasteiger partial charge in [-0.1, -0.05) is 17.7 Å². The van der Waals surface area contributed by atoms with E-state index in [9.17, 15) is 17.6 Å². The number of carbonyl (C=O) groups is 1. The van der Waals surface area contributed by atoms with Gasteiger partial charge in [0.2, 0.25) is 10.0 Å². The van der Waals surface area contributed by atoms with Crippen molar-refractivity contribution < 1.29 is 17.6 Å². The van der Waals surface area contributed by atoms with Crippen LogP contribution in [0.4, 0.5) is 4.39 Å². The number of hydrogen-bond acceptors (Lipinski definition) is 3. The summed E-state index contributed by atoms with van der Waals surface area (Å²) in [5.41, 5.74) is 1.34. The van der Waals surface area contributed by atoms with Crippen LogP contribution >= 0.6 is 0 Å². The van der Waals surface area contributed by atoms with Crippen LogP contribution in [0.15, 0.2) is 53.4 Å². The van der Waals surface area contributed by atoms with Crippen LogP contribution < -0.4 is 5.32 Å². The van der Waals surface area contributed by atoms with E-state index in [0.29, 0.717) is 18.5 Å². The van der Waals surface area contributed by atoms with E-state index in [1.54, 1.807) is 24.3 Å². The molecule has 1 aliphatic heterocycles. The largest absolute Gasteiger partial charge is 0.350 e. The number of amides is 1. The highest BCUT2D eigenvalue weighted by Crippen LogP contribution is 2.26. The molecule has 7 heteroatoms. The summed E-state index contributed by atoms with van der Waals surface area (Å²) in [6, 6.07) is 11.7. The van der Waals surface area contributed by atoms with Gasteiger partial charge in [0, 0.05) is 24.7 Å². The first kappa shape index (κ1) is 18.5. The van der Waals surface area contributed by atoms with E-state index in [-0.39, 0.29) is 23.4 Å². The van der Waals surface area contributed by atoms with Crippen LogP contribution in [0.25, 0.3) is 0 Å². The van der Waals surface area contributed by atoms with Gasteiger partial charge in [0.05, 0.1) is 4.90 Å². The number of rotatable bonds is 5. The van der Waals surface area contributed by atoms with Crippen molar-refractivity contribution in [2.45, 2.75) is 30.7 Å². The van der Waals surface area contributed by atoms with Gasteiger partial charge in [-0.05, 0) is 56.2 Å². The average molecular weight is 376 g/mol. The Hall–Kier alpha value is -2.25. The van der Waals surface area contributed by atoms with E-state index in [1.807, 2.05) is 6.92 Å². The molecule has 0 unspecified atom stereocenters. The summed E-state index contributed by atoms with van der Waals surface area (Å²) in [4.78, 5) is 12.4. The summed E-state index contributed by atoms with van der Waals surface area (Å²) in [6.45, 7) is 2.56. The Morgan fingerprint density at radius 3 is 2.46 bits per heavy atom. The molecule has 0 bridgehead atoms. The Morgan fingerprint density at radius 2 is 1.81 bits per heavy atom. The van der Waals surface area contributed by atoms with E-state index >= 15 is 0 Å². The van der Waals surface area contributed by atoms with Crippen molar-refractivity contribution in [1.29, 1.82) is 0 Å². The van der Waals surface area contributed by atoms with Gasteiger partial charge in [-0.15, -0.1) is 0 Å². The number of nitrogens with one attached hydrogen (secondary N) is 1. The predicted molar refractivity (Wildman–Crippen MR) is 96.8 cm³/mol. The standard InChI is InChI=1S/C19H21FN2O3S/c1-14-4-10-18(11-5-14)26(24,25)22-12-2-3-17(22)13-21-19(23)15-6-8-16(20)9-7-15/h4-11,17H,2-3,12-13H2,1H3,(H,21,23)/t17-/m0/s1. The maximum Gasteiger partial charge on any atom is 0.251 e. The maximum atomic E-state index is 12.9. The van der Waals surface area contributed by atoms with Crippen LogP contribution in [0.2, 0.25) is 0 Å². The van der Waals surface area contributed by atoms with Crippen molar-refractivity contribution in [1.82, 2.24) is 9.62 Å². The van der Waals surface area contributed by atoms with Crippen LogP contribution in [0, 0.1) is 12.7 Å². The monoisotopic (exact) mass is 376 g/mol. The molecule has 3 rings (SSSR count). The molecule has 2 aromatic carbocycles. The van der Waals surface area contributed by atoms with Crippen LogP contribution in [0.1, 0.15) is 28.8 Å². The lowest BCUT2D eigenvalue weighted by Gasteiger charge is -2.24. The van der Waals surface area contributed by atoms with Gasteiger partial charge in [-0.2, -0.15) is 4.31 Å². The molecule has 26 heavy (non-hydrogen) atoms. The van der Waals surface area contributed by atoms with Gasteiger partial charge >= 0.3 is 0 Å². The number of sulfonamides is 1. The molecule has 0 aliphatic carbocycles. The minimum absolute atomic E-state index is 0.224. The van der Waals surface area contributed by atoms with Crippen molar-refractivity contribution in [3.05, 3.63) is 65.5 Å². The molecule has 1 saturated heterocycles. The SMILES string of the molecule is Cc1ccc(S(=O)(=O)N2CCC[C@H]2CNC(=O)c2ccc(F)cc2)cc1. The summed E-state index contributed by atoms with van der Waals surface area (Å²) >= 11 is 0. The molecular weight excluding hydrogens is 355 g/mol. The van der Waals surface area contributed by atoms with E-state index < -0.39 is 15.8 Å². The molecule has 1 heterocycles. The third-order valence-corrected chi connectivity index (χ3v) is 6.52. The van der Waals surface area contributed by atoms with E-state index in [0.717, 1.165) is 12.0 Å². The number of nitrogens with zero attached hydrogens (tertiary/aromatic N) is 1. The highest BCUT2D eigenvalue weighted by atomic mass is 32.2. The smallest absolute Gasteiger partial charge is 0.251 e. The van der Waals surface area contributed by atoms with Gasteiger partial charge in [-0.25, -0.2) is 12.8 Å². The van der Waals surface area contributed by atoms with Crippen molar-refractivity contribution in [2.75, 3.05) is 13.1 Å². The molecule has 1 fully saturated rings. The van der Waals surface area contributed by atoms with Crippen LogP contribution in [-0.2, 0) is 10.0 Å². The molecule has 1 amide bonds. The molecule has 1 aliphatic rings. The summed E-state index contributed by atoms with van der Waals surface area (Å²) in [6.07, 6.45) is 1.44. The van der Waals surface area contributed by atoms with Crippen molar-refractivity contribution in [3.8, 4) is 0 Å². The zero-order valence-corrected chi connectivity index (χ0v) is 15.3. The lowest BCUT2D eigenvalue weighted by molar-refractivity contribution is 0.0946. The second-order valence-corrected chi connectivity index (χ2v) is 8.33. The van der Waals surface area contributed by atoms with Gasteiger partial charge in [-0.3, -0.25) is 4.79 Å². The van der Waals surface area contributed by atoms with Crippen LogP contribution in [-0.4, -0.2) is 37.8 Å². The fourth-order valence-corrected chi connectivity index (χ4v) is 4.78. The zero-order chi connectivity index (χ0) is 18.7. The van der Waals surface area contributed by atoms with Crippen LogP contribution in [0.3, 0.4) is 0 Å². The lowest BCUT2D eigenvalue weighted by Crippen LogP contribution is -2.43. The Labute approximate surface area is 152 Å². The first-order valence-electron chi connectivity index (χ1n) is 8.50. The summed E-state index contributed by atoms with van der Waals surface area (Å²) in [5, 5.41) is 2.76. The number of benzene rings is 2. The molecule has 0 aromatic heterocycles. The van der Waals surface area contributed by atoms with Gasteiger partial charge in [0.15, 0.2) is 0 Å². The topological polar surface area (TPSA) is 66.5 Å². The molecule has 2 aromatic rings. The molecule has 0 radical (unpaired) electrons. The number of aryl methyl sites for hydroxylation is 1. The Morgan fingerprint density at radius 1 is 1.15 bits per heavy atom. The normalized spacial score (nSPS) is 18.0. The number of halogens is 1. The van der Waals surface area contributed by atoms with E-state index in [1.165, 1.54) is 28.6 Å². The molecule has 0 saturated carbocycles. The number of hydrogen-bond donors (Lipinski definition) is 1. The Kier molecular flexibility index (Phi) is 5.38. The van der Waals surface area contributed by atoms with Gasteiger partial charge < -0.3 is 5.32 Å². The number of carbonyl (C=O) groups excluding carboxylic acids is 1. The van der Waals surface area contributed by atoms with Gasteiger partial charge in [0.1, 0.15) is 5.82 Å². The molecular formula is C19H21FN2O3S. The molecule has 0 spiro atoms. The molecule has 138 valence electrons. The highest BCUT2D eigenvalue weighted by molar-refractivity contribution is 7.89. The maximum absolute atomic E-state index is 12.9. The van der Waals surface area contributed by atoms with E-state index in [2.05, 4.69) is 5.32 Å². The van der Waals surface area contributed by atoms with Crippen molar-refractivity contribution in [2.24, 2.45) is 0 Å². The Balaban J connectivity index is 1.69. The van der Waals surface area contributed by atoms with Crippen molar-refractivity contribution in [3.63, 3.8) is 0 Å². The lowest BCUT2D eigenvalue weighted by atomic mass is 10.2. The predicted octanol–water partition coefficient (Wildman–Crippen LogP) is 2.72. The second-order valence-electron chi connectivity index (χ2n) is 6.44. The molecule has 5 nitrogen and oxygen atoms in total. The first-order chi connectivity index (χ1) is 12.4. The third kappa shape index (κ3) is 3.94. The highest BCUT2D eigenvalue weighted by Gasteiger charge is 2.35. The van der Waals surface area contributed by atoms with Crippen LogP contribution in [0.5, 0.6) is 0 Å². The van der Waals surface area contributed by atoms with Gasteiger partial charge in [0.25, 0.3) is 5.91 Å². The minimum atomic E-state index is -3.59. The quantitative estimate of drug-likeness (QED) is 0.873. The first-order valence-corrected chi connectivity index (χ1v) is 9.94. The fraction of sp³-hybridized carbons (Fsp3) is 0.316. The molecule has 1 N–H and O–H groups in total. The summed E-state index contributed by atoms with van der Waals surface area (Å²) in [5.74, 6) is -0.753. The minimum Gasteiger partial charge on any atom is -0.350 e. The average Bonchev–Trinajstić information content (AvgIpc) is 3.10.